The number of hydrogen-bond donors (Lipinski definition) is 0. The molecule has 5 nitrogen and oxygen atoms in total. The average molecular weight is 375 g/mol. The largest absolute Gasteiger partial charge is 0.497 e. The van der Waals surface area contributed by atoms with Crippen LogP contribution in [0, 0.1) is 0 Å². The molecule has 5 heteroatoms. The van der Waals surface area contributed by atoms with Crippen LogP contribution in [0.1, 0.15) is 21.6 Å². The van der Waals surface area contributed by atoms with E-state index in [4.69, 9.17) is 14.2 Å². The highest BCUT2D eigenvalue weighted by molar-refractivity contribution is 6.08. The molecule has 0 atom stereocenters. The van der Waals surface area contributed by atoms with Crippen molar-refractivity contribution in [3.05, 3.63) is 89.8 Å². The minimum atomic E-state index is -0.168. The molecule has 142 valence electrons. The van der Waals surface area contributed by atoms with Crippen LogP contribution in [0.25, 0.3) is 6.08 Å². The highest BCUT2D eigenvalue weighted by atomic mass is 16.5. The fraction of sp³-hybridized carbons (Fsp3) is 0.130. The average Bonchev–Trinajstić information content (AvgIpc) is 2.76. The summed E-state index contributed by atoms with van der Waals surface area (Å²) in [6.07, 6.45) is 4.97. The molecule has 0 bridgehead atoms. The number of allylic oxidation sites excluding steroid dienone is 1. The van der Waals surface area contributed by atoms with Crippen molar-refractivity contribution < 1.29 is 19.0 Å². The second-order valence-electron chi connectivity index (χ2n) is 5.91. The lowest BCUT2D eigenvalue weighted by atomic mass is 10.1. The number of ketones is 1. The minimum absolute atomic E-state index is 0.168. The molecule has 28 heavy (non-hydrogen) atoms. The number of methoxy groups -OCH3 is 2. The van der Waals surface area contributed by atoms with Crippen molar-refractivity contribution >= 4 is 11.9 Å². The van der Waals surface area contributed by atoms with Crippen LogP contribution in [-0.4, -0.2) is 25.0 Å². The van der Waals surface area contributed by atoms with E-state index in [0.717, 1.165) is 11.3 Å². The number of hydrogen-bond acceptors (Lipinski definition) is 5. The summed E-state index contributed by atoms with van der Waals surface area (Å²) in [6.45, 7) is 0.353. The third-order valence-electron chi connectivity index (χ3n) is 4.11. The smallest absolute Gasteiger partial charge is 0.189 e. The molecular formula is C23H21NO4. The quantitative estimate of drug-likeness (QED) is 0.426. The molecule has 2 aromatic carbocycles. The van der Waals surface area contributed by atoms with Crippen LogP contribution in [-0.2, 0) is 6.61 Å². The van der Waals surface area contributed by atoms with E-state index >= 15 is 0 Å². The Morgan fingerprint density at radius 2 is 1.79 bits per heavy atom. The summed E-state index contributed by atoms with van der Waals surface area (Å²) < 4.78 is 16.3. The summed E-state index contributed by atoms with van der Waals surface area (Å²) in [6, 6.07) is 18.3. The highest BCUT2D eigenvalue weighted by Gasteiger charge is 2.11. The number of pyridine rings is 1. The van der Waals surface area contributed by atoms with E-state index in [9.17, 15) is 4.79 Å². The maximum absolute atomic E-state index is 12.6. The first-order chi connectivity index (χ1) is 13.7. The Bertz CT molecular complexity index is 967. The van der Waals surface area contributed by atoms with Crippen LogP contribution in [0.5, 0.6) is 17.2 Å². The monoisotopic (exact) mass is 375 g/mol. The molecule has 1 aromatic heterocycles. The number of carbonyl (C=O) groups excluding carboxylic acids is 1. The third kappa shape index (κ3) is 4.76. The molecule has 0 fully saturated rings. The van der Waals surface area contributed by atoms with E-state index in [1.54, 1.807) is 37.6 Å². The summed E-state index contributed by atoms with van der Waals surface area (Å²) in [7, 11) is 3.09. The predicted octanol–water partition coefficient (Wildman–Crippen LogP) is 4.57. The summed E-state index contributed by atoms with van der Waals surface area (Å²) in [5.74, 6) is 1.61. The van der Waals surface area contributed by atoms with Crippen molar-refractivity contribution in [2.24, 2.45) is 0 Å². The zero-order valence-corrected chi connectivity index (χ0v) is 15.8. The van der Waals surface area contributed by atoms with Crippen LogP contribution < -0.4 is 14.2 Å². The van der Waals surface area contributed by atoms with Gasteiger partial charge in [-0.05, 0) is 42.5 Å². The van der Waals surface area contributed by atoms with E-state index in [-0.39, 0.29) is 5.78 Å². The van der Waals surface area contributed by atoms with Crippen molar-refractivity contribution in [2.45, 2.75) is 6.61 Å². The van der Waals surface area contributed by atoms with Gasteiger partial charge < -0.3 is 14.2 Å². The second kappa shape index (κ2) is 9.37. The minimum Gasteiger partial charge on any atom is -0.497 e. The Morgan fingerprint density at radius 1 is 0.964 bits per heavy atom. The molecular weight excluding hydrogens is 354 g/mol. The summed E-state index contributed by atoms with van der Waals surface area (Å²) in [5.41, 5.74) is 2.10. The van der Waals surface area contributed by atoms with Crippen molar-refractivity contribution in [1.29, 1.82) is 0 Å². The van der Waals surface area contributed by atoms with Crippen LogP contribution in [0.3, 0.4) is 0 Å². The first-order valence-electron chi connectivity index (χ1n) is 8.77. The van der Waals surface area contributed by atoms with Crippen LogP contribution in [0.4, 0.5) is 0 Å². The molecule has 0 saturated carbocycles. The number of nitrogens with zero attached hydrogens (tertiary/aromatic N) is 1. The molecule has 0 N–H and O–H groups in total. The van der Waals surface area contributed by atoms with Gasteiger partial charge in [-0.15, -0.1) is 0 Å². The Labute approximate surface area is 164 Å². The lowest BCUT2D eigenvalue weighted by Crippen LogP contribution is -2.00. The van der Waals surface area contributed by atoms with Gasteiger partial charge in [-0.1, -0.05) is 24.3 Å². The second-order valence-corrected chi connectivity index (χ2v) is 5.91. The Kier molecular flexibility index (Phi) is 6.41. The van der Waals surface area contributed by atoms with Crippen molar-refractivity contribution in [1.82, 2.24) is 4.98 Å². The number of benzene rings is 2. The zero-order chi connectivity index (χ0) is 19.8. The fourth-order valence-corrected chi connectivity index (χ4v) is 2.64. The fourth-order valence-electron chi connectivity index (χ4n) is 2.64. The maximum Gasteiger partial charge on any atom is 0.189 e. The summed E-state index contributed by atoms with van der Waals surface area (Å²) in [4.78, 5) is 16.9. The molecule has 0 radical (unpaired) electrons. The van der Waals surface area contributed by atoms with Gasteiger partial charge in [0.15, 0.2) is 5.78 Å². The van der Waals surface area contributed by atoms with Gasteiger partial charge >= 0.3 is 0 Å². The molecule has 3 rings (SSSR count). The molecule has 0 saturated heterocycles. The number of para-hydroxylation sites is 1. The van der Waals surface area contributed by atoms with E-state index in [2.05, 4.69) is 4.98 Å². The first kappa shape index (κ1) is 19.2. The number of aromatic nitrogens is 1. The van der Waals surface area contributed by atoms with E-state index in [1.165, 1.54) is 13.2 Å². The Morgan fingerprint density at radius 3 is 2.54 bits per heavy atom. The molecule has 0 amide bonds. The van der Waals surface area contributed by atoms with Gasteiger partial charge in [0.25, 0.3) is 0 Å². The zero-order valence-electron chi connectivity index (χ0n) is 15.8. The number of carbonyl (C=O) groups is 1. The van der Waals surface area contributed by atoms with Gasteiger partial charge in [-0.25, -0.2) is 0 Å². The van der Waals surface area contributed by atoms with Crippen molar-refractivity contribution in [3.63, 3.8) is 0 Å². The number of rotatable bonds is 8. The van der Waals surface area contributed by atoms with Gasteiger partial charge in [-0.2, -0.15) is 0 Å². The Hall–Kier alpha value is -3.60. The Balaban J connectivity index is 1.76. The third-order valence-corrected chi connectivity index (χ3v) is 4.11. The lowest BCUT2D eigenvalue weighted by molar-refractivity contribution is 0.104. The first-order valence-corrected chi connectivity index (χ1v) is 8.77. The predicted molar refractivity (Wildman–Crippen MR) is 108 cm³/mol. The van der Waals surface area contributed by atoms with Gasteiger partial charge in [0.1, 0.15) is 23.9 Å². The number of ether oxygens (including phenoxy) is 3. The molecule has 0 unspecified atom stereocenters. The standard InChI is InChI=1S/C23H21NO4/c1-26-19-11-12-20(23(15-19)27-2)21(25)13-10-17-7-3-4-9-22(17)28-16-18-8-5-6-14-24-18/h3-15H,16H2,1-2H3/b13-10+. The van der Waals surface area contributed by atoms with E-state index < -0.39 is 0 Å². The van der Waals surface area contributed by atoms with E-state index in [1.807, 2.05) is 42.5 Å². The summed E-state index contributed by atoms with van der Waals surface area (Å²) in [5, 5.41) is 0. The lowest BCUT2D eigenvalue weighted by Gasteiger charge is -2.09. The van der Waals surface area contributed by atoms with Crippen LogP contribution >= 0.6 is 0 Å². The molecule has 0 aliphatic heterocycles. The van der Waals surface area contributed by atoms with Crippen molar-refractivity contribution in [2.75, 3.05) is 14.2 Å². The topological polar surface area (TPSA) is 57.7 Å². The van der Waals surface area contributed by atoms with Gasteiger partial charge in [0.2, 0.25) is 0 Å². The molecule has 3 aromatic rings. The maximum atomic E-state index is 12.6. The molecule has 0 aliphatic rings. The molecule has 0 aliphatic carbocycles. The highest BCUT2D eigenvalue weighted by Crippen LogP contribution is 2.26. The SMILES string of the molecule is COc1ccc(C(=O)/C=C/c2ccccc2OCc2ccccn2)c(OC)c1. The van der Waals surface area contributed by atoms with Crippen LogP contribution in [0.2, 0.25) is 0 Å². The van der Waals surface area contributed by atoms with Gasteiger partial charge in [0.05, 0.1) is 25.5 Å². The van der Waals surface area contributed by atoms with Crippen molar-refractivity contribution in [3.8, 4) is 17.2 Å². The summed E-state index contributed by atoms with van der Waals surface area (Å²) >= 11 is 0. The van der Waals surface area contributed by atoms with Gasteiger partial charge in [-0.3, -0.25) is 9.78 Å². The van der Waals surface area contributed by atoms with Crippen LogP contribution in [0.15, 0.2) is 72.9 Å². The normalized spacial score (nSPS) is 10.6. The van der Waals surface area contributed by atoms with Gasteiger partial charge in [0, 0.05) is 17.8 Å². The molecule has 1 heterocycles. The molecule has 0 spiro atoms. The van der Waals surface area contributed by atoms with E-state index in [0.29, 0.717) is 29.4 Å².